The van der Waals surface area contributed by atoms with E-state index in [-0.39, 0.29) is 29.7 Å². The summed E-state index contributed by atoms with van der Waals surface area (Å²) in [5.74, 6) is 0. The first-order chi connectivity index (χ1) is 26.7. The molecule has 0 radical (unpaired) electrons. The van der Waals surface area contributed by atoms with Gasteiger partial charge in [-0.15, -0.1) is 0 Å². The fourth-order valence-corrected chi connectivity index (χ4v) is 72.4. The average Bonchev–Trinajstić information content (AvgIpc) is 2.85. The molecule has 0 N–H and O–H groups in total. The molecule has 0 aromatic carbocycles. The van der Waals surface area contributed by atoms with Gasteiger partial charge >= 0.3 is 0 Å². The van der Waals surface area contributed by atoms with Gasteiger partial charge in [0.15, 0.2) is 0 Å². The molecular formula is C49H151N7Si12. The molecule has 0 heterocycles. The van der Waals surface area contributed by atoms with Gasteiger partial charge in [0, 0.05) is 0 Å². The normalized spacial score (nSPS) is 13.2. The fraction of sp³-hybridized carbons (Fsp3) is 1.00. The maximum atomic E-state index is 2.98. The SMILES string of the molecule is C.C.C.C.CN(C)C.CN(C)[Si](C)(C)C.CN(C)[Si](C)(C)C.CN([Si](C)(C)C)[Si](C)(C)C.CN([Si](C)(C)C)[Si](C)(C)C.C[Si](C)(C)N([Si](C)(C)C)[Si](C)(C)C.C[Si](C)(C)N([Si](C)(C)C)[Si](C)(C)C. The first-order valence-electron chi connectivity index (χ1n) is 24.7. The number of hydrogen-bond acceptors (Lipinski definition) is 7. The zero-order valence-corrected chi connectivity index (χ0v) is 66.1. The summed E-state index contributed by atoms with van der Waals surface area (Å²) in [6, 6.07) is 0. The minimum Gasteiger partial charge on any atom is -0.369 e. The van der Waals surface area contributed by atoms with Gasteiger partial charge in [-0.05, 0) is 63.4 Å². The van der Waals surface area contributed by atoms with Gasteiger partial charge in [-0.2, -0.15) is 0 Å². The van der Waals surface area contributed by atoms with Crippen LogP contribution in [-0.2, 0) is 0 Å². The van der Waals surface area contributed by atoms with E-state index in [4.69, 9.17) is 0 Å². The van der Waals surface area contributed by atoms with Crippen LogP contribution in [0.15, 0.2) is 0 Å². The van der Waals surface area contributed by atoms with Gasteiger partial charge in [-0.25, -0.2) is 0 Å². The lowest BCUT2D eigenvalue weighted by Crippen LogP contribution is -2.68. The number of nitrogens with zero attached hydrogens (tertiary/aromatic N) is 7. The summed E-state index contributed by atoms with van der Waals surface area (Å²) in [7, 11) is 6.75. The van der Waals surface area contributed by atoms with Crippen LogP contribution in [0.5, 0.6) is 0 Å². The second-order valence-electron chi connectivity index (χ2n) is 31.0. The van der Waals surface area contributed by atoms with E-state index < -0.39 is 98.8 Å². The lowest BCUT2D eigenvalue weighted by molar-refractivity contribution is 0.505. The Kier molecular flexibility index (Phi) is 50.3. The average molecular weight is 1180 g/mol. The number of rotatable bonds is 12. The highest BCUT2D eigenvalue weighted by molar-refractivity contribution is 7.04. The minimum atomic E-state index is -1.10. The third-order valence-electron chi connectivity index (χ3n) is 10.7. The molecule has 0 rings (SSSR count). The summed E-state index contributed by atoms with van der Waals surface area (Å²) >= 11 is 0. The van der Waals surface area contributed by atoms with Crippen LogP contribution >= 0.6 is 0 Å². The molecule has 0 unspecified atom stereocenters. The van der Waals surface area contributed by atoms with Gasteiger partial charge in [0.05, 0.1) is 0 Å². The van der Waals surface area contributed by atoms with Crippen LogP contribution in [0.4, 0.5) is 0 Å². The standard InChI is InChI=1S/2C9H27NSi3.2C7H21NSi2.2C5H15NSi.C3H9N.4CH4/c2*1-11(2,3)10(12(4,5)6)13(7,8)9;2*1-8(9(2,3)4)10(5,6)7;2*1-6(2)7(3,4)5;1-4(2)3;;;;/h2*1-9H3;2*1-7H3;2*1-5H3;1-3H3;4*1H4. The Morgan fingerprint density at radius 2 is 0.235 bits per heavy atom. The molecule has 0 spiro atoms. The van der Waals surface area contributed by atoms with Gasteiger partial charge in [-0.3, -0.25) is 0 Å². The predicted molar refractivity (Wildman–Crippen MR) is 373 cm³/mol. The maximum absolute atomic E-state index is 2.98. The molecule has 0 aliphatic heterocycles. The fourth-order valence-electron chi connectivity index (χ4n) is 8.05. The monoisotopic (exact) mass is 1170 g/mol. The van der Waals surface area contributed by atoms with E-state index in [0.717, 1.165) is 0 Å². The lowest BCUT2D eigenvalue weighted by Gasteiger charge is -2.51. The molecule has 0 amide bonds. The lowest BCUT2D eigenvalue weighted by atomic mass is 11.0. The highest BCUT2D eigenvalue weighted by atomic mass is 28.5. The third kappa shape index (κ3) is 56.1. The predicted octanol–water partition coefficient (Wildman–Crippen LogP) is 18.3. The molecule has 0 saturated heterocycles. The topological polar surface area (TPSA) is 22.7 Å². The van der Waals surface area contributed by atoms with Crippen LogP contribution in [-0.4, -0.2) is 193 Å². The molecule has 0 fully saturated rings. The Hall–Kier alpha value is 2.32. The first-order valence-corrected chi connectivity index (χ1v) is 66.1. The van der Waals surface area contributed by atoms with E-state index in [1.807, 2.05) is 26.0 Å². The molecule has 0 aromatic heterocycles. The van der Waals surface area contributed by atoms with Crippen molar-refractivity contribution in [3.8, 4) is 0 Å². The van der Waals surface area contributed by atoms with E-state index in [0.29, 0.717) is 0 Å². The summed E-state index contributed by atoms with van der Waals surface area (Å²) in [5.41, 5.74) is 0. The van der Waals surface area contributed by atoms with Crippen LogP contribution in [0.3, 0.4) is 0 Å². The van der Waals surface area contributed by atoms with Gasteiger partial charge in [-0.1, -0.05) is 265 Å². The summed E-state index contributed by atoms with van der Waals surface area (Å²) in [6.45, 7) is 87.7. The third-order valence-corrected chi connectivity index (χ3v) is 64.4. The largest absolute Gasteiger partial charge is 0.369 e. The van der Waals surface area contributed by atoms with Crippen molar-refractivity contribution in [1.29, 1.82) is 0 Å². The molecule has 0 aliphatic carbocycles. The van der Waals surface area contributed by atoms with E-state index in [1.54, 1.807) is 0 Å². The Morgan fingerprint density at radius 3 is 0.235 bits per heavy atom. The molecule has 0 atom stereocenters. The van der Waals surface area contributed by atoms with E-state index >= 15 is 0 Å². The highest BCUT2D eigenvalue weighted by Gasteiger charge is 2.43. The Morgan fingerprint density at radius 1 is 0.162 bits per heavy atom. The van der Waals surface area contributed by atoms with Crippen LogP contribution in [0.25, 0.3) is 0 Å². The molecule has 68 heavy (non-hydrogen) atoms. The second-order valence-corrected chi connectivity index (χ2v) is 93.8. The molecule has 0 aromatic rings. The van der Waals surface area contributed by atoms with Crippen molar-refractivity contribution in [2.45, 2.75) is 265 Å². The van der Waals surface area contributed by atoms with Crippen LogP contribution in [0, 0.1) is 0 Å². The quantitative estimate of drug-likeness (QED) is 0.179. The van der Waals surface area contributed by atoms with Crippen molar-refractivity contribution in [3.05, 3.63) is 0 Å². The number of hydrogen-bond donors (Lipinski definition) is 0. The van der Waals surface area contributed by atoms with Crippen LogP contribution in [0.2, 0.25) is 236 Å². The van der Waals surface area contributed by atoms with Crippen molar-refractivity contribution >= 4 is 98.8 Å². The molecule has 430 valence electrons. The molecule has 0 saturated carbocycles. The zero-order valence-electron chi connectivity index (χ0n) is 54.1. The van der Waals surface area contributed by atoms with E-state index in [2.05, 4.69) is 303 Å². The molecule has 7 nitrogen and oxygen atoms in total. The van der Waals surface area contributed by atoms with Crippen molar-refractivity contribution in [3.63, 3.8) is 0 Å². The Balaban J connectivity index is -0.0000000627. The van der Waals surface area contributed by atoms with Gasteiger partial charge in [0.2, 0.25) is 0 Å². The summed E-state index contributed by atoms with van der Waals surface area (Å²) in [5, 5.41) is 0. The molecule has 19 heteroatoms. The summed E-state index contributed by atoms with van der Waals surface area (Å²) in [4.78, 5) is 2.00. The Labute approximate surface area is 454 Å². The highest BCUT2D eigenvalue weighted by Crippen LogP contribution is 2.28. The maximum Gasteiger partial charge on any atom is 0.118 e. The van der Waals surface area contributed by atoms with Gasteiger partial charge in [0.1, 0.15) is 98.8 Å². The van der Waals surface area contributed by atoms with Crippen LogP contribution < -0.4 is 0 Å². The molecule has 0 bridgehead atoms. The molecule has 0 aliphatic rings. The van der Waals surface area contributed by atoms with Gasteiger partial charge in [0.25, 0.3) is 0 Å². The van der Waals surface area contributed by atoms with E-state index in [9.17, 15) is 0 Å². The smallest absolute Gasteiger partial charge is 0.118 e. The first kappa shape index (κ1) is 96.0. The molecular weight excluding hydrogens is 1020 g/mol. The van der Waals surface area contributed by atoms with Crippen molar-refractivity contribution in [2.24, 2.45) is 0 Å². The minimum absolute atomic E-state index is 0. The van der Waals surface area contributed by atoms with Crippen molar-refractivity contribution in [2.75, 3.05) is 63.4 Å². The van der Waals surface area contributed by atoms with Gasteiger partial charge < -0.3 is 30.3 Å². The Bertz CT molecular complexity index is 985. The van der Waals surface area contributed by atoms with Crippen molar-refractivity contribution in [1.82, 2.24) is 30.3 Å². The second kappa shape index (κ2) is 35.6. The summed E-state index contributed by atoms with van der Waals surface area (Å²) in [6.07, 6.45) is 0. The van der Waals surface area contributed by atoms with Crippen LogP contribution in [0.1, 0.15) is 29.7 Å². The summed E-state index contributed by atoms with van der Waals surface area (Å²) < 4.78 is 15.9. The van der Waals surface area contributed by atoms with Crippen molar-refractivity contribution < 1.29 is 0 Å². The van der Waals surface area contributed by atoms with E-state index in [1.165, 1.54) is 0 Å². The zero-order chi connectivity index (χ0) is 55.0.